The number of ether oxygens (including phenoxy) is 6. The quantitative estimate of drug-likeness (QED) is 0.202. The van der Waals surface area contributed by atoms with E-state index < -0.39 is 11.9 Å². The number of hydrogen-bond acceptors (Lipinski definition) is 8. The summed E-state index contributed by atoms with van der Waals surface area (Å²) in [7, 11) is 0. The van der Waals surface area contributed by atoms with Crippen molar-refractivity contribution in [2.75, 3.05) is 26.4 Å². The van der Waals surface area contributed by atoms with Crippen molar-refractivity contribution in [1.29, 1.82) is 0 Å². The Morgan fingerprint density at radius 2 is 1.43 bits per heavy atom. The predicted octanol–water partition coefficient (Wildman–Crippen LogP) is 4.52. The highest BCUT2D eigenvalue weighted by molar-refractivity contribution is 5.92. The highest BCUT2D eigenvalue weighted by Gasteiger charge is 2.22. The Morgan fingerprint density at radius 1 is 0.811 bits per heavy atom. The lowest BCUT2D eigenvalue weighted by Crippen LogP contribution is -2.11. The molecule has 0 aliphatic carbocycles. The third kappa shape index (κ3) is 7.39. The first-order valence-electron chi connectivity index (χ1n) is 12.2. The number of hydrogen-bond donors (Lipinski definition) is 0. The molecule has 0 amide bonds. The van der Waals surface area contributed by atoms with Crippen molar-refractivity contribution in [1.82, 2.24) is 0 Å². The molecule has 0 radical (unpaired) electrons. The molecule has 0 N–H and O–H groups in total. The normalized spacial score (nSPS) is 17.6. The molecule has 2 heterocycles. The van der Waals surface area contributed by atoms with E-state index in [9.17, 15) is 9.59 Å². The van der Waals surface area contributed by atoms with Gasteiger partial charge in [-0.05, 0) is 72.6 Å². The predicted molar refractivity (Wildman–Crippen MR) is 133 cm³/mol. The van der Waals surface area contributed by atoms with Gasteiger partial charge in [-0.25, -0.2) is 9.59 Å². The number of esters is 2. The van der Waals surface area contributed by atoms with Crippen LogP contribution in [0.1, 0.15) is 38.3 Å². The molecule has 0 bridgehead atoms. The molecule has 2 unspecified atom stereocenters. The summed E-state index contributed by atoms with van der Waals surface area (Å²) < 4.78 is 32.5. The lowest BCUT2D eigenvalue weighted by atomic mass is 10.1. The van der Waals surface area contributed by atoms with E-state index in [1.54, 1.807) is 61.5 Å². The average Bonchev–Trinajstić information content (AvgIpc) is 3.83. The Balaban J connectivity index is 1.11. The van der Waals surface area contributed by atoms with Crippen LogP contribution < -0.4 is 14.2 Å². The maximum Gasteiger partial charge on any atom is 0.343 e. The molecule has 5 rings (SSSR count). The summed E-state index contributed by atoms with van der Waals surface area (Å²) in [5, 5.41) is 0. The molecule has 0 spiro atoms. The lowest BCUT2D eigenvalue weighted by Gasteiger charge is -2.11. The van der Waals surface area contributed by atoms with Gasteiger partial charge in [0, 0.05) is 6.42 Å². The van der Waals surface area contributed by atoms with Gasteiger partial charge in [0.05, 0.1) is 50.3 Å². The summed E-state index contributed by atoms with van der Waals surface area (Å²) in [6.07, 6.45) is 1.39. The van der Waals surface area contributed by atoms with Crippen LogP contribution in [0.4, 0.5) is 0 Å². The lowest BCUT2D eigenvalue weighted by molar-refractivity contribution is 0.0718. The summed E-state index contributed by atoms with van der Waals surface area (Å²) in [4.78, 5) is 25.1. The molecule has 8 heteroatoms. The van der Waals surface area contributed by atoms with Crippen molar-refractivity contribution in [2.24, 2.45) is 0 Å². The van der Waals surface area contributed by atoms with Gasteiger partial charge < -0.3 is 28.4 Å². The van der Waals surface area contributed by atoms with Crippen LogP contribution in [0.3, 0.4) is 0 Å². The summed E-state index contributed by atoms with van der Waals surface area (Å²) in [6.45, 7) is 4.95. The van der Waals surface area contributed by atoms with Gasteiger partial charge in [0.2, 0.25) is 0 Å². The Hall–Kier alpha value is -3.72. The Morgan fingerprint density at radius 3 is 2.08 bits per heavy atom. The van der Waals surface area contributed by atoms with E-state index in [0.717, 1.165) is 25.2 Å². The Kier molecular flexibility index (Phi) is 7.79. The van der Waals surface area contributed by atoms with Crippen LogP contribution in [-0.2, 0) is 20.8 Å². The Bertz CT molecular complexity index is 1230. The number of epoxide rings is 2. The second kappa shape index (κ2) is 11.6. The van der Waals surface area contributed by atoms with Crippen molar-refractivity contribution in [3.05, 3.63) is 89.0 Å². The van der Waals surface area contributed by atoms with Crippen molar-refractivity contribution in [3.8, 4) is 17.2 Å². The van der Waals surface area contributed by atoms with Crippen molar-refractivity contribution < 1.29 is 38.0 Å². The number of benzene rings is 3. The molecule has 37 heavy (non-hydrogen) atoms. The van der Waals surface area contributed by atoms with E-state index >= 15 is 0 Å². The molecule has 3 aromatic rings. The first kappa shape index (κ1) is 25.0. The smallest absolute Gasteiger partial charge is 0.343 e. The molecular weight excluding hydrogens is 476 g/mol. The van der Waals surface area contributed by atoms with Gasteiger partial charge in [-0.3, -0.25) is 0 Å². The van der Waals surface area contributed by atoms with Gasteiger partial charge in [-0.1, -0.05) is 12.1 Å². The van der Waals surface area contributed by atoms with Crippen LogP contribution in [0.25, 0.3) is 0 Å². The van der Waals surface area contributed by atoms with E-state index in [1.165, 1.54) is 0 Å². The minimum absolute atomic E-state index is 0.219. The average molecular weight is 505 g/mol. The minimum atomic E-state index is -0.487. The first-order valence-corrected chi connectivity index (χ1v) is 12.2. The van der Waals surface area contributed by atoms with Crippen LogP contribution in [-0.4, -0.2) is 50.6 Å². The third-order valence-electron chi connectivity index (χ3n) is 5.93. The van der Waals surface area contributed by atoms with E-state index in [0.29, 0.717) is 59.9 Å². The monoisotopic (exact) mass is 504 g/mol. The molecule has 3 aromatic carbocycles. The fourth-order valence-corrected chi connectivity index (χ4v) is 3.56. The summed E-state index contributed by atoms with van der Waals surface area (Å²) >= 11 is 0. The first-order chi connectivity index (χ1) is 18.0. The zero-order chi connectivity index (χ0) is 25.6. The van der Waals surface area contributed by atoms with Gasteiger partial charge >= 0.3 is 11.9 Å². The van der Waals surface area contributed by atoms with E-state index in [2.05, 4.69) is 0 Å². The molecule has 192 valence electrons. The van der Waals surface area contributed by atoms with Gasteiger partial charge in [-0.15, -0.1) is 0 Å². The third-order valence-corrected chi connectivity index (χ3v) is 5.93. The molecule has 2 aliphatic rings. The Labute approximate surface area is 215 Å². The van der Waals surface area contributed by atoms with Crippen LogP contribution in [0.5, 0.6) is 17.2 Å². The number of carbonyl (C=O) groups excluding carboxylic acids is 2. The van der Waals surface area contributed by atoms with Crippen LogP contribution in [0.2, 0.25) is 0 Å². The molecule has 2 aliphatic heterocycles. The number of carbonyl (C=O) groups is 2. The molecule has 0 saturated carbocycles. The number of rotatable bonds is 12. The highest BCUT2D eigenvalue weighted by Crippen LogP contribution is 2.25. The van der Waals surface area contributed by atoms with E-state index in [1.807, 2.05) is 12.1 Å². The van der Waals surface area contributed by atoms with E-state index in [-0.39, 0.29) is 6.10 Å². The molecule has 2 fully saturated rings. The molecule has 8 nitrogen and oxygen atoms in total. The summed E-state index contributed by atoms with van der Waals surface area (Å²) in [5.74, 6) is 0.466. The fourth-order valence-electron chi connectivity index (χ4n) is 3.56. The maximum absolute atomic E-state index is 12.6. The zero-order valence-corrected chi connectivity index (χ0v) is 20.5. The van der Waals surface area contributed by atoms with Gasteiger partial charge in [0.25, 0.3) is 0 Å². The van der Waals surface area contributed by atoms with Gasteiger partial charge in [0.15, 0.2) is 0 Å². The van der Waals surface area contributed by atoms with Crippen LogP contribution >= 0.6 is 0 Å². The summed E-state index contributed by atoms with van der Waals surface area (Å²) in [5.41, 5.74) is 2.45. The SMILES string of the molecule is Cc1cc(OC(=O)c2ccc(COCC3CO3)cc2)ccc1OC(=O)c1ccc(OCCC2CO2)cc1. The largest absolute Gasteiger partial charge is 0.493 e. The zero-order valence-electron chi connectivity index (χ0n) is 20.5. The minimum Gasteiger partial charge on any atom is -0.493 e. The highest BCUT2D eigenvalue weighted by atomic mass is 16.6. The molecule has 2 saturated heterocycles. The van der Waals surface area contributed by atoms with E-state index in [4.69, 9.17) is 28.4 Å². The second-order valence-corrected chi connectivity index (χ2v) is 8.99. The number of aryl methyl sites for hydroxylation is 1. The maximum atomic E-state index is 12.6. The molecule has 2 atom stereocenters. The van der Waals surface area contributed by atoms with Crippen LogP contribution in [0.15, 0.2) is 66.7 Å². The van der Waals surface area contributed by atoms with Crippen molar-refractivity contribution >= 4 is 11.9 Å². The second-order valence-electron chi connectivity index (χ2n) is 8.99. The van der Waals surface area contributed by atoms with Crippen LogP contribution in [0, 0.1) is 6.92 Å². The van der Waals surface area contributed by atoms with Gasteiger partial charge in [0.1, 0.15) is 23.4 Å². The van der Waals surface area contributed by atoms with Gasteiger partial charge in [-0.2, -0.15) is 0 Å². The standard InChI is InChI=1S/C29H28O8/c1-19-14-24(36-28(30)21-4-2-20(3-5-21)15-32-16-26-18-35-26)10-11-27(19)37-29(31)22-6-8-23(9-7-22)33-13-12-25-17-34-25/h2-11,14,25-26H,12-13,15-18H2,1H3. The molecule has 0 aromatic heterocycles. The topological polar surface area (TPSA) is 96.1 Å². The van der Waals surface area contributed by atoms with Crippen molar-refractivity contribution in [3.63, 3.8) is 0 Å². The van der Waals surface area contributed by atoms with Crippen molar-refractivity contribution in [2.45, 2.75) is 32.2 Å². The summed E-state index contributed by atoms with van der Waals surface area (Å²) in [6, 6.07) is 18.7. The molecular formula is C29H28O8. The fraction of sp³-hybridized carbons (Fsp3) is 0.310.